The minimum Gasteiger partial charge on any atom is -0.491 e. The number of rotatable bonds is 3. The van der Waals surface area contributed by atoms with Crippen molar-refractivity contribution in [1.82, 2.24) is 4.90 Å². The second-order valence-electron chi connectivity index (χ2n) is 11.4. The van der Waals surface area contributed by atoms with Crippen LogP contribution in [-0.4, -0.2) is 49.2 Å². The van der Waals surface area contributed by atoms with Crippen LogP contribution in [0.3, 0.4) is 0 Å². The van der Waals surface area contributed by atoms with Gasteiger partial charge in [0, 0.05) is 37.6 Å². The van der Waals surface area contributed by atoms with E-state index >= 15 is 0 Å². The Hall–Kier alpha value is -2.50. The van der Waals surface area contributed by atoms with E-state index in [1.807, 2.05) is 25.2 Å². The predicted molar refractivity (Wildman–Crippen MR) is 154 cm³/mol. The molecule has 4 atom stereocenters. The van der Waals surface area contributed by atoms with Crippen LogP contribution in [0.1, 0.15) is 74.2 Å². The molecule has 5 rings (SSSR count). The number of hydrogen-bond donors (Lipinski definition) is 1. The third-order valence-electron chi connectivity index (χ3n) is 8.71. The molecule has 2 aromatic carbocycles. The number of aliphatic hydroxyl groups excluding tert-OH is 1. The van der Waals surface area contributed by atoms with Crippen molar-refractivity contribution in [3.05, 3.63) is 70.3 Å². The van der Waals surface area contributed by atoms with E-state index in [9.17, 15) is 9.90 Å². The normalized spacial score (nSPS) is 27.1. The van der Waals surface area contributed by atoms with Gasteiger partial charge < -0.3 is 19.6 Å². The van der Waals surface area contributed by atoms with Gasteiger partial charge in [-0.15, -0.1) is 0 Å². The molecule has 1 fully saturated rings. The van der Waals surface area contributed by atoms with Gasteiger partial charge in [-0.05, 0) is 84.9 Å². The molecule has 38 heavy (non-hydrogen) atoms. The van der Waals surface area contributed by atoms with E-state index in [0.29, 0.717) is 25.0 Å². The fourth-order valence-electron chi connectivity index (χ4n) is 6.23. The fraction of sp³-hybridized carbons (Fsp3) is 0.531. The lowest BCUT2D eigenvalue weighted by atomic mass is 9.71. The number of anilines is 1. The summed E-state index contributed by atoms with van der Waals surface area (Å²) in [6, 6.07) is 12.3. The van der Waals surface area contributed by atoms with Gasteiger partial charge in [-0.25, -0.2) is 0 Å². The number of nitrogens with zero attached hydrogens (tertiary/aromatic N) is 2. The minimum atomic E-state index is -0.844. The van der Waals surface area contributed by atoms with Crippen LogP contribution in [0.4, 0.5) is 5.69 Å². The van der Waals surface area contributed by atoms with Crippen molar-refractivity contribution >= 4 is 23.2 Å². The number of allylic oxidation sites excluding steroid dienone is 1. The highest BCUT2D eigenvalue weighted by Crippen LogP contribution is 2.43. The maximum atomic E-state index is 12.8. The summed E-state index contributed by atoms with van der Waals surface area (Å²) in [4.78, 5) is 17.0. The molecule has 0 spiro atoms. The number of carbonyl (C=O) groups is 1. The summed E-state index contributed by atoms with van der Waals surface area (Å²) in [7, 11) is 1.82. The lowest BCUT2D eigenvalue weighted by Crippen LogP contribution is -2.40. The lowest BCUT2D eigenvalue weighted by molar-refractivity contribution is -0.132. The molecule has 2 aliphatic heterocycles. The summed E-state index contributed by atoms with van der Waals surface area (Å²) in [6.07, 6.45) is 10.3. The molecule has 2 heterocycles. The summed E-state index contributed by atoms with van der Waals surface area (Å²) in [5.74, 6) is 2.36. The Kier molecular flexibility index (Phi) is 8.64. The second kappa shape index (κ2) is 12.1. The van der Waals surface area contributed by atoms with Crippen LogP contribution in [0.15, 0.2) is 48.6 Å². The number of aryl methyl sites for hydroxylation is 1. The molecule has 1 N–H and O–H groups in total. The van der Waals surface area contributed by atoms with Gasteiger partial charge in [-0.2, -0.15) is 0 Å². The van der Waals surface area contributed by atoms with Crippen molar-refractivity contribution < 1.29 is 14.6 Å². The van der Waals surface area contributed by atoms with Crippen molar-refractivity contribution in [3.63, 3.8) is 0 Å². The maximum Gasteiger partial charge on any atom is 0.225 e. The predicted octanol–water partition coefficient (Wildman–Crippen LogP) is 6.53. The molecule has 3 aliphatic rings. The zero-order valence-electron chi connectivity index (χ0n) is 22.7. The van der Waals surface area contributed by atoms with Crippen LogP contribution in [0.2, 0.25) is 5.02 Å². The molecular weight excluding hydrogens is 496 g/mol. The van der Waals surface area contributed by atoms with Crippen LogP contribution >= 0.6 is 11.6 Å². The number of aliphatic hydroxyl groups is 1. The summed E-state index contributed by atoms with van der Waals surface area (Å²) in [6.45, 7) is 5.31. The van der Waals surface area contributed by atoms with Crippen LogP contribution in [-0.2, 0) is 11.2 Å². The fourth-order valence-corrected chi connectivity index (χ4v) is 6.43. The second-order valence-corrected chi connectivity index (χ2v) is 11.8. The third kappa shape index (κ3) is 6.05. The average Bonchev–Trinajstić information content (AvgIpc) is 3.07. The largest absolute Gasteiger partial charge is 0.491 e. The van der Waals surface area contributed by atoms with Crippen molar-refractivity contribution in [2.75, 3.05) is 38.2 Å². The zero-order chi connectivity index (χ0) is 26.6. The Balaban J connectivity index is 1.49. The van der Waals surface area contributed by atoms with Gasteiger partial charge >= 0.3 is 0 Å². The van der Waals surface area contributed by atoms with Crippen molar-refractivity contribution in [3.8, 4) is 5.75 Å². The van der Waals surface area contributed by atoms with E-state index in [1.54, 1.807) is 4.90 Å². The zero-order valence-corrected chi connectivity index (χ0v) is 23.5. The van der Waals surface area contributed by atoms with E-state index in [4.69, 9.17) is 16.3 Å². The molecule has 0 aromatic heterocycles. The number of ether oxygens (including phenoxy) is 1. The van der Waals surface area contributed by atoms with Crippen LogP contribution < -0.4 is 9.64 Å². The molecule has 204 valence electrons. The maximum absolute atomic E-state index is 12.8. The monoisotopic (exact) mass is 536 g/mol. The molecule has 0 radical (unpaired) electrons. The summed E-state index contributed by atoms with van der Waals surface area (Å²) in [5.41, 5.74) is 4.43. The molecular formula is C32H41ClN2O3. The van der Waals surface area contributed by atoms with Gasteiger partial charge in [0.2, 0.25) is 5.91 Å². The number of amides is 1. The van der Waals surface area contributed by atoms with E-state index < -0.39 is 6.10 Å². The van der Waals surface area contributed by atoms with Crippen molar-refractivity contribution in [2.45, 2.75) is 63.9 Å². The standard InChI is InChI=1S/C32H41ClN2O3/c1-3-7-23-16-27(33)12-13-28(23)26-20-35-19-25-10-9-22(25)8-5-4-6-15-34(2)32(37)18-30(36)24-11-14-31(38-21-26)29(35)17-24/h4-5,11-14,16-17,22,25-26,30,36H,3,6-10,15,18-21H2,1-2H3/b5-4+/t22-,25?,26?,30?/m1/s1. The molecule has 1 saturated carbocycles. The molecule has 1 amide bonds. The lowest BCUT2D eigenvalue weighted by Gasteiger charge is -2.41. The van der Waals surface area contributed by atoms with Crippen molar-refractivity contribution in [1.29, 1.82) is 0 Å². The molecule has 2 bridgehead atoms. The Bertz CT molecular complexity index is 1170. The summed E-state index contributed by atoms with van der Waals surface area (Å²) in [5, 5.41) is 11.8. The first-order valence-corrected chi connectivity index (χ1v) is 14.7. The van der Waals surface area contributed by atoms with Gasteiger partial charge in [0.1, 0.15) is 5.75 Å². The van der Waals surface area contributed by atoms with E-state index in [2.05, 4.69) is 42.2 Å². The van der Waals surface area contributed by atoms with Gasteiger partial charge in [0.05, 0.1) is 24.8 Å². The Morgan fingerprint density at radius 2 is 1.92 bits per heavy atom. The first-order valence-electron chi connectivity index (χ1n) is 14.3. The van der Waals surface area contributed by atoms with E-state index in [1.165, 1.54) is 24.0 Å². The Labute approximate surface area is 232 Å². The van der Waals surface area contributed by atoms with Gasteiger partial charge in [0.25, 0.3) is 0 Å². The molecule has 0 saturated heterocycles. The summed E-state index contributed by atoms with van der Waals surface area (Å²) < 4.78 is 6.45. The van der Waals surface area contributed by atoms with Gasteiger partial charge in [-0.1, -0.05) is 49.2 Å². The molecule has 1 aliphatic carbocycles. The molecule has 2 aromatic rings. The SMILES string of the molecule is CCCc1cc(Cl)ccc1C1COc2ccc3cc2N(C1)CC1CC[C@H]1C/C=C/CCN(C)C(=O)CC3O. The van der Waals surface area contributed by atoms with E-state index in [-0.39, 0.29) is 18.2 Å². The van der Waals surface area contributed by atoms with Crippen LogP contribution in [0.25, 0.3) is 0 Å². The quantitative estimate of drug-likeness (QED) is 0.453. The smallest absolute Gasteiger partial charge is 0.225 e. The van der Waals surface area contributed by atoms with E-state index in [0.717, 1.165) is 60.8 Å². The molecule has 5 nitrogen and oxygen atoms in total. The topological polar surface area (TPSA) is 53.0 Å². The highest BCUT2D eigenvalue weighted by Gasteiger charge is 2.34. The number of benzene rings is 2. The first-order chi connectivity index (χ1) is 18.4. The average molecular weight is 537 g/mol. The highest BCUT2D eigenvalue weighted by atomic mass is 35.5. The Morgan fingerprint density at radius 3 is 2.71 bits per heavy atom. The first kappa shape index (κ1) is 27.1. The number of fused-ring (bicyclic) bond motifs is 2. The number of hydrogen-bond acceptors (Lipinski definition) is 4. The highest BCUT2D eigenvalue weighted by molar-refractivity contribution is 6.30. The van der Waals surface area contributed by atoms with Gasteiger partial charge in [-0.3, -0.25) is 4.79 Å². The molecule has 3 unspecified atom stereocenters. The third-order valence-corrected chi connectivity index (χ3v) is 8.95. The number of halogens is 1. The van der Waals surface area contributed by atoms with Crippen LogP contribution in [0.5, 0.6) is 5.75 Å². The Morgan fingerprint density at radius 1 is 1.08 bits per heavy atom. The van der Waals surface area contributed by atoms with Gasteiger partial charge in [0.15, 0.2) is 0 Å². The number of carbonyl (C=O) groups excluding carboxylic acids is 1. The summed E-state index contributed by atoms with van der Waals surface area (Å²) >= 11 is 6.39. The molecule has 6 heteroatoms. The van der Waals surface area contributed by atoms with Crippen molar-refractivity contribution in [2.24, 2.45) is 11.8 Å². The minimum absolute atomic E-state index is 0.0358. The van der Waals surface area contributed by atoms with Crippen LogP contribution in [0, 0.1) is 11.8 Å².